The summed E-state index contributed by atoms with van der Waals surface area (Å²) in [5.41, 5.74) is 3.71. The molecule has 0 unspecified atom stereocenters. The molecule has 0 fully saturated rings. The van der Waals surface area contributed by atoms with Gasteiger partial charge in [-0.3, -0.25) is 9.59 Å². The van der Waals surface area contributed by atoms with Crippen molar-refractivity contribution < 1.29 is 14.3 Å². The van der Waals surface area contributed by atoms with Gasteiger partial charge in [0.15, 0.2) is 0 Å². The summed E-state index contributed by atoms with van der Waals surface area (Å²) in [6, 6.07) is 24.7. The standard InChI is InChI=1S/C27H26N2O3S/c1-4-32-23-15-13-20(14-16-23)24-25(33-18-19-9-6-5-7-10-19)27(31)29(26(24)30)22-12-8-11-21(17-22)28(2)3/h5-17H,4,18H2,1-3H3. The zero-order chi connectivity index (χ0) is 23.4. The van der Waals surface area contributed by atoms with Gasteiger partial charge in [-0.15, -0.1) is 11.8 Å². The second kappa shape index (κ2) is 9.96. The molecule has 0 aromatic heterocycles. The van der Waals surface area contributed by atoms with Crippen molar-refractivity contribution >= 4 is 40.5 Å². The Balaban J connectivity index is 1.73. The number of hydrogen-bond donors (Lipinski definition) is 0. The van der Waals surface area contributed by atoms with Crippen LogP contribution in [-0.4, -0.2) is 32.5 Å². The molecule has 0 aliphatic carbocycles. The monoisotopic (exact) mass is 458 g/mol. The molecule has 1 heterocycles. The molecule has 0 bridgehead atoms. The molecule has 33 heavy (non-hydrogen) atoms. The number of carbonyl (C=O) groups excluding carboxylic acids is 2. The Hall–Kier alpha value is -3.51. The molecule has 0 radical (unpaired) electrons. The van der Waals surface area contributed by atoms with E-state index in [4.69, 9.17) is 4.74 Å². The van der Waals surface area contributed by atoms with Crippen LogP contribution < -0.4 is 14.5 Å². The minimum Gasteiger partial charge on any atom is -0.494 e. The SMILES string of the molecule is CCOc1ccc(C2=C(SCc3ccccc3)C(=O)N(c3cccc(N(C)C)c3)C2=O)cc1. The Morgan fingerprint density at radius 3 is 2.27 bits per heavy atom. The molecular formula is C27H26N2O3S. The highest BCUT2D eigenvalue weighted by molar-refractivity contribution is 8.03. The quantitative estimate of drug-likeness (QED) is 0.425. The van der Waals surface area contributed by atoms with Gasteiger partial charge in [0.2, 0.25) is 0 Å². The number of anilines is 2. The summed E-state index contributed by atoms with van der Waals surface area (Å²) in [5, 5.41) is 0. The maximum Gasteiger partial charge on any atom is 0.272 e. The lowest BCUT2D eigenvalue weighted by atomic mass is 10.1. The van der Waals surface area contributed by atoms with Crippen molar-refractivity contribution in [3.05, 3.63) is 94.9 Å². The number of ether oxygens (including phenoxy) is 1. The van der Waals surface area contributed by atoms with E-state index in [2.05, 4.69) is 0 Å². The second-order valence-corrected chi connectivity index (χ2v) is 8.78. The molecule has 5 nitrogen and oxygen atoms in total. The van der Waals surface area contributed by atoms with Crippen LogP contribution in [0.15, 0.2) is 83.8 Å². The molecule has 0 N–H and O–H groups in total. The molecule has 0 atom stereocenters. The molecule has 1 aliphatic rings. The largest absolute Gasteiger partial charge is 0.494 e. The van der Waals surface area contributed by atoms with Gasteiger partial charge in [0.05, 0.1) is 22.8 Å². The van der Waals surface area contributed by atoms with Gasteiger partial charge in [0, 0.05) is 25.5 Å². The summed E-state index contributed by atoms with van der Waals surface area (Å²) in [4.78, 5) is 30.9. The lowest BCUT2D eigenvalue weighted by Gasteiger charge is -2.19. The van der Waals surface area contributed by atoms with Gasteiger partial charge in [-0.25, -0.2) is 4.90 Å². The van der Waals surface area contributed by atoms with Crippen LogP contribution in [0.3, 0.4) is 0 Å². The fourth-order valence-corrected chi connectivity index (χ4v) is 4.72. The molecule has 3 aromatic carbocycles. The molecule has 0 saturated carbocycles. The summed E-state index contributed by atoms with van der Waals surface area (Å²) in [6.45, 7) is 2.49. The number of amides is 2. The molecule has 0 spiro atoms. The second-order valence-electron chi connectivity index (χ2n) is 7.80. The molecule has 0 saturated heterocycles. The van der Waals surface area contributed by atoms with Crippen LogP contribution in [0.5, 0.6) is 5.75 Å². The summed E-state index contributed by atoms with van der Waals surface area (Å²) in [5.74, 6) is 0.727. The van der Waals surface area contributed by atoms with Gasteiger partial charge in [-0.1, -0.05) is 48.5 Å². The van der Waals surface area contributed by atoms with Gasteiger partial charge in [-0.2, -0.15) is 0 Å². The van der Waals surface area contributed by atoms with Crippen molar-refractivity contribution in [1.29, 1.82) is 0 Å². The van der Waals surface area contributed by atoms with Crippen LogP contribution in [0.4, 0.5) is 11.4 Å². The number of nitrogens with zero attached hydrogens (tertiary/aromatic N) is 2. The fraction of sp³-hybridized carbons (Fsp3) is 0.185. The van der Waals surface area contributed by atoms with E-state index in [1.54, 1.807) is 6.07 Å². The van der Waals surface area contributed by atoms with Crippen molar-refractivity contribution in [2.24, 2.45) is 0 Å². The molecule has 1 aliphatic heterocycles. The van der Waals surface area contributed by atoms with Gasteiger partial charge in [0.1, 0.15) is 5.75 Å². The van der Waals surface area contributed by atoms with Crippen LogP contribution in [0, 0.1) is 0 Å². The maximum absolute atomic E-state index is 13.6. The van der Waals surface area contributed by atoms with Crippen LogP contribution in [-0.2, 0) is 15.3 Å². The van der Waals surface area contributed by atoms with E-state index in [0.717, 1.165) is 17.0 Å². The molecule has 6 heteroatoms. The summed E-state index contributed by atoms with van der Waals surface area (Å²) < 4.78 is 5.54. The molecular weight excluding hydrogens is 432 g/mol. The third-order valence-electron chi connectivity index (χ3n) is 5.33. The highest BCUT2D eigenvalue weighted by atomic mass is 32.2. The van der Waals surface area contributed by atoms with Gasteiger partial charge >= 0.3 is 0 Å². The predicted octanol–water partition coefficient (Wildman–Crippen LogP) is 5.37. The zero-order valence-corrected chi connectivity index (χ0v) is 19.8. The number of thioether (sulfide) groups is 1. The van der Waals surface area contributed by atoms with E-state index in [9.17, 15) is 9.59 Å². The van der Waals surface area contributed by atoms with Gasteiger partial charge < -0.3 is 9.64 Å². The Morgan fingerprint density at radius 2 is 1.61 bits per heavy atom. The normalized spacial score (nSPS) is 13.6. The smallest absolute Gasteiger partial charge is 0.272 e. The van der Waals surface area contributed by atoms with Crippen LogP contribution in [0.2, 0.25) is 0 Å². The molecule has 168 valence electrons. The summed E-state index contributed by atoms with van der Waals surface area (Å²) in [7, 11) is 3.86. The first-order valence-corrected chi connectivity index (χ1v) is 11.8. The van der Waals surface area contributed by atoms with E-state index in [1.807, 2.05) is 98.7 Å². The lowest BCUT2D eigenvalue weighted by molar-refractivity contribution is -0.119. The number of benzene rings is 3. The fourth-order valence-electron chi connectivity index (χ4n) is 3.66. The van der Waals surface area contributed by atoms with E-state index < -0.39 is 0 Å². The number of rotatable bonds is 8. The number of imide groups is 1. The maximum atomic E-state index is 13.6. The predicted molar refractivity (Wildman–Crippen MR) is 136 cm³/mol. The van der Waals surface area contributed by atoms with Crippen molar-refractivity contribution in [2.45, 2.75) is 12.7 Å². The first-order chi connectivity index (χ1) is 16.0. The minimum absolute atomic E-state index is 0.291. The van der Waals surface area contributed by atoms with Crippen LogP contribution in [0.25, 0.3) is 5.57 Å². The lowest BCUT2D eigenvalue weighted by Crippen LogP contribution is -2.31. The molecule has 2 amide bonds. The summed E-state index contributed by atoms with van der Waals surface area (Å²) >= 11 is 1.40. The minimum atomic E-state index is -0.310. The zero-order valence-electron chi connectivity index (χ0n) is 18.9. The Kier molecular flexibility index (Phi) is 6.84. The van der Waals surface area contributed by atoms with Crippen molar-refractivity contribution in [3.63, 3.8) is 0 Å². The van der Waals surface area contributed by atoms with E-state index >= 15 is 0 Å². The average molecular weight is 459 g/mol. The Labute approximate surface area is 198 Å². The Bertz CT molecular complexity index is 1190. The first kappa shape index (κ1) is 22.7. The topological polar surface area (TPSA) is 49.9 Å². The van der Waals surface area contributed by atoms with E-state index in [0.29, 0.717) is 34.1 Å². The van der Waals surface area contributed by atoms with Crippen molar-refractivity contribution in [2.75, 3.05) is 30.5 Å². The van der Waals surface area contributed by atoms with E-state index in [1.165, 1.54) is 16.7 Å². The highest BCUT2D eigenvalue weighted by Gasteiger charge is 2.40. The summed E-state index contributed by atoms with van der Waals surface area (Å²) in [6.07, 6.45) is 0. The van der Waals surface area contributed by atoms with Gasteiger partial charge in [0.25, 0.3) is 11.8 Å². The Morgan fingerprint density at radius 1 is 0.879 bits per heavy atom. The number of hydrogen-bond acceptors (Lipinski definition) is 5. The van der Waals surface area contributed by atoms with Gasteiger partial charge in [-0.05, 0) is 48.4 Å². The molecule has 3 aromatic rings. The van der Waals surface area contributed by atoms with Crippen molar-refractivity contribution in [1.82, 2.24) is 0 Å². The van der Waals surface area contributed by atoms with Crippen LogP contribution >= 0.6 is 11.8 Å². The van der Waals surface area contributed by atoms with Crippen molar-refractivity contribution in [3.8, 4) is 5.75 Å². The van der Waals surface area contributed by atoms with E-state index in [-0.39, 0.29) is 11.8 Å². The first-order valence-electron chi connectivity index (χ1n) is 10.8. The average Bonchev–Trinajstić information content (AvgIpc) is 3.08. The number of carbonyl (C=O) groups is 2. The third-order valence-corrected chi connectivity index (χ3v) is 6.47. The highest BCUT2D eigenvalue weighted by Crippen LogP contribution is 2.40. The van der Waals surface area contributed by atoms with Crippen LogP contribution in [0.1, 0.15) is 18.1 Å². The third kappa shape index (κ3) is 4.81. The molecule has 4 rings (SSSR count).